The molecule has 1 N–H and O–H groups in total. The lowest BCUT2D eigenvalue weighted by Crippen LogP contribution is -2.17. The quantitative estimate of drug-likeness (QED) is 0.281. The molecule has 1 unspecified atom stereocenters. The van der Waals surface area contributed by atoms with Gasteiger partial charge < -0.3 is 19.5 Å². The summed E-state index contributed by atoms with van der Waals surface area (Å²) in [4.78, 5) is 22.9. The van der Waals surface area contributed by atoms with Crippen LogP contribution in [-0.4, -0.2) is 36.9 Å². The third-order valence-corrected chi connectivity index (χ3v) is 5.44. The number of rotatable bonds is 9. The third kappa shape index (κ3) is 6.97. The van der Waals surface area contributed by atoms with E-state index in [0.717, 1.165) is 33.6 Å². The molecule has 0 radical (unpaired) electrons. The first kappa shape index (κ1) is 24.1. The molecule has 0 heterocycles. The van der Waals surface area contributed by atoms with Crippen LogP contribution in [0.25, 0.3) is 11.1 Å². The fourth-order valence-electron chi connectivity index (χ4n) is 2.98. The summed E-state index contributed by atoms with van der Waals surface area (Å²) in [6, 6.07) is 8.99. The first-order chi connectivity index (χ1) is 14.2. The van der Waals surface area contributed by atoms with Crippen LogP contribution in [0.4, 0.5) is 4.39 Å². The minimum atomic E-state index is -2.31. The van der Waals surface area contributed by atoms with E-state index in [-0.39, 0.29) is 25.6 Å². The minimum Gasteiger partial charge on any atom is -0.603 e. The Kier molecular flexibility index (Phi) is 9.08. The molecule has 0 aliphatic carbocycles. The van der Waals surface area contributed by atoms with Crippen LogP contribution < -0.4 is 4.89 Å². The molecule has 0 saturated heterocycles. The van der Waals surface area contributed by atoms with Crippen LogP contribution in [0, 0.1) is 26.6 Å². The summed E-state index contributed by atoms with van der Waals surface area (Å²) in [5, 5.41) is 9.63. The lowest BCUT2D eigenvalue weighted by Gasteiger charge is -2.15. The normalized spacial score (nSPS) is 12.7. The molecular formula is C22H26FO6P. The van der Waals surface area contributed by atoms with Gasteiger partial charge in [0.05, 0.1) is 20.1 Å². The van der Waals surface area contributed by atoms with E-state index >= 15 is 0 Å². The van der Waals surface area contributed by atoms with Gasteiger partial charge in [-0.15, -0.1) is 0 Å². The van der Waals surface area contributed by atoms with Gasteiger partial charge in [-0.25, -0.2) is 4.39 Å². The number of hydrogen-bond acceptors (Lipinski definition) is 6. The van der Waals surface area contributed by atoms with Gasteiger partial charge in [-0.1, -0.05) is 23.8 Å². The number of aryl methyl sites for hydroxylation is 3. The van der Waals surface area contributed by atoms with Gasteiger partial charge in [-0.2, -0.15) is 4.52 Å². The van der Waals surface area contributed by atoms with E-state index < -0.39 is 20.1 Å². The molecular weight excluding hydrogens is 410 g/mol. The Balaban J connectivity index is 2.05. The molecule has 2 rings (SSSR count). The topological polar surface area (TPSA) is 88.1 Å². The molecule has 2 atom stereocenters. The Morgan fingerprint density at radius 3 is 2.63 bits per heavy atom. The molecule has 2 aromatic carbocycles. The lowest BCUT2D eigenvalue weighted by atomic mass is 9.93. The van der Waals surface area contributed by atoms with Crippen molar-refractivity contribution >= 4 is 19.8 Å². The van der Waals surface area contributed by atoms with Crippen molar-refractivity contribution < 1.29 is 33.2 Å². The van der Waals surface area contributed by atoms with E-state index in [9.17, 15) is 19.2 Å². The molecule has 0 spiro atoms. The highest BCUT2D eigenvalue weighted by molar-refractivity contribution is 7.44. The summed E-state index contributed by atoms with van der Waals surface area (Å²) in [5.41, 5.74) is 5.36. The van der Waals surface area contributed by atoms with Crippen LogP contribution in [0.15, 0.2) is 30.3 Å². The zero-order chi connectivity index (χ0) is 22.3. The summed E-state index contributed by atoms with van der Waals surface area (Å²) >= 11 is 0. The number of halogens is 1. The third-order valence-electron chi connectivity index (χ3n) is 4.49. The first-order valence-corrected chi connectivity index (χ1v) is 10.6. The van der Waals surface area contributed by atoms with Crippen LogP contribution in [0.1, 0.15) is 28.7 Å². The highest BCUT2D eigenvalue weighted by atomic mass is 31.1. The number of benzene rings is 2. The second-order valence-corrected chi connectivity index (χ2v) is 8.08. The van der Waals surface area contributed by atoms with Crippen LogP contribution in [0.2, 0.25) is 0 Å². The Bertz CT molecular complexity index is 928. The average molecular weight is 436 g/mol. The molecule has 162 valence electrons. The van der Waals surface area contributed by atoms with Crippen molar-refractivity contribution in [3.05, 3.63) is 58.4 Å². The Hall–Kier alpha value is -2.15. The number of hydrogen-bond donors (Lipinski definition) is 1. The summed E-state index contributed by atoms with van der Waals surface area (Å²) in [6.45, 7) is 5.61. The number of aliphatic hydroxyl groups is 1. The summed E-state index contributed by atoms with van der Waals surface area (Å²) in [6.07, 6.45) is -1.53. The molecule has 0 bridgehead atoms. The predicted molar refractivity (Wildman–Crippen MR) is 112 cm³/mol. The first-order valence-electron chi connectivity index (χ1n) is 9.34. The molecule has 0 fully saturated rings. The fourth-order valence-corrected chi connectivity index (χ4v) is 3.63. The second kappa shape index (κ2) is 11.3. The van der Waals surface area contributed by atoms with E-state index in [2.05, 4.69) is 4.74 Å². The van der Waals surface area contributed by atoms with Crippen molar-refractivity contribution in [3.63, 3.8) is 0 Å². The van der Waals surface area contributed by atoms with E-state index in [1.54, 1.807) is 19.1 Å². The maximum atomic E-state index is 13.7. The zero-order valence-corrected chi connectivity index (χ0v) is 18.4. The number of methoxy groups -OCH3 is 1. The highest BCUT2D eigenvalue weighted by Crippen LogP contribution is 2.30. The lowest BCUT2D eigenvalue weighted by molar-refractivity contribution is -0.180. The number of carbonyl (C=O) groups is 1. The molecule has 8 heteroatoms. The average Bonchev–Trinajstić information content (AvgIpc) is 2.67. The molecule has 0 aliphatic rings. The van der Waals surface area contributed by atoms with Crippen LogP contribution >= 0.6 is 8.00 Å². The van der Waals surface area contributed by atoms with E-state index in [4.69, 9.17) is 9.26 Å². The molecule has 0 saturated carbocycles. The van der Waals surface area contributed by atoms with Gasteiger partial charge in [0.1, 0.15) is 17.7 Å². The SMILES string of the molecule is COC(=O)C[C@H](O)C=[P+]([O-])OCOCc1c(C)cc(C)cc1-c1ccc(F)c(C)c1. The number of carbonyl (C=O) groups excluding carboxylic acids is 1. The molecule has 0 aliphatic heterocycles. The maximum Gasteiger partial charge on any atom is 0.308 e. The van der Waals surface area contributed by atoms with Gasteiger partial charge in [-0.3, -0.25) is 4.79 Å². The van der Waals surface area contributed by atoms with Gasteiger partial charge in [0.25, 0.3) is 0 Å². The van der Waals surface area contributed by atoms with Crippen molar-refractivity contribution in [1.29, 1.82) is 0 Å². The van der Waals surface area contributed by atoms with Crippen LogP contribution in [0.3, 0.4) is 0 Å². The van der Waals surface area contributed by atoms with E-state index in [1.165, 1.54) is 13.2 Å². The van der Waals surface area contributed by atoms with Crippen molar-refractivity contribution in [3.8, 4) is 11.1 Å². The molecule has 6 nitrogen and oxygen atoms in total. The Morgan fingerprint density at radius 1 is 1.23 bits per heavy atom. The Morgan fingerprint density at radius 2 is 1.97 bits per heavy atom. The Labute approximate surface area is 176 Å². The number of aliphatic hydroxyl groups excluding tert-OH is 1. The van der Waals surface area contributed by atoms with Crippen molar-refractivity contribution in [2.24, 2.45) is 0 Å². The van der Waals surface area contributed by atoms with Crippen LogP contribution in [0.5, 0.6) is 0 Å². The van der Waals surface area contributed by atoms with Gasteiger partial charge in [-0.05, 0) is 60.7 Å². The predicted octanol–water partition coefficient (Wildman–Crippen LogP) is 3.31. The monoisotopic (exact) mass is 436 g/mol. The molecule has 0 amide bonds. The largest absolute Gasteiger partial charge is 0.603 e. The van der Waals surface area contributed by atoms with Gasteiger partial charge in [0.2, 0.25) is 8.00 Å². The summed E-state index contributed by atoms with van der Waals surface area (Å²) < 4.78 is 28.7. The maximum absolute atomic E-state index is 13.7. The van der Waals surface area contributed by atoms with Gasteiger partial charge >= 0.3 is 5.97 Å². The minimum absolute atomic E-state index is 0.200. The van der Waals surface area contributed by atoms with Crippen molar-refractivity contribution in [1.82, 2.24) is 0 Å². The molecule has 2 aromatic rings. The highest BCUT2D eigenvalue weighted by Gasteiger charge is 2.14. The second-order valence-electron chi connectivity index (χ2n) is 6.95. The molecule has 0 aromatic heterocycles. The van der Waals surface area contributed by atoms with E-state index in [1.807, 2.05) is 26.0 Å². The van der Waals surface area contributed by atoms with Crippen molar-refractivity contribution in [2.75, 3.05) is 13.9 Å². The number of ether oxygens (including phenoxy) is 2. The van der Waals surface area contributed by atoms with Gasteiger partial charge in [0, 0.05) is 0 Å². The van der Waals surface area contributed by atoms with Crippen LogP contribution in [-0.2, 0) is 25.4 Å². The molecule has 30 heavy (non-hydrogen) atoms. The zero-order valence-electron chi connectivity index (χ0n) is 17.5. The van der Waals surface area contributed by atoms with Crippen molar-refractivity contribution in [2.45, 2.75) is 39.9 Å². The smallest absolute Gasteiger partial charge is 0.308 e. The van der Waals surface area contributed by atoms with E-state index in [0.29, 0.717) is 5.56 Å². The summed E-state index contributed by atoms with van der Waals surface area (Å²) in [5.74, 6) is 0.153. The van der Waals surface area contributed by atoms with Gasteiger partial charge in [0.15, 0.2) is 6.79 Å². The number of esters is 1. The summed E-state index contributed by atoms with van der Waals surface area (Å²) in [7, 11) is -1.11. The fraction of sp³-hybridized carbons (Fsp3) is 0.364. The standard InChI is InChI=1S/C22H26FO6P/c1-14-7-15(2)20(19(8-14)17-5-6-21(23)16(3)9-17)11-28-13-29-30(26)12-18(24)10-22(25)27-4/h5-9,12,18,24H,10-11,13H2,1-4H3/t18-/m0/s1.